The summed E-state index contributed by atoms with van der Waals surface area (Å²) in [5.74, 6) is 0.168. The Hall–Kier alpha value is -0.210. The minimum Gasteiger partial charge on any atom is -0.377 e. The molecule has 0 amide bonds. The molecule has 0 radical (unpaired) electrons. The summed E-state index contributed by atoms with van der Waals surface area (Å²) >= 11 is 0. The lowest BCUT2D eigenvalue weighted by Gasteiger charge is -2.46. The van der Waals surface area contributed by atoms with Gasteiger partial charge in [-0.2, -0.15) is 4.31 Å². The Morgan fingerprint density at radius 3 is 2.58 bits per heavy atom. The van der Waals surface area contributed by atoms with Gasteiger partial charge in [0.25, 0.3) is 0 Å². The summed E-state index contributed by atoms with van der Waals surface area (Å²) in [6.07, 6.45) is 1.79. The second-order valence-electron chi connectivity index (χ2n) is 5.67. The molecule has 3 heterocycles. The third-order valence-corrected chi connectivity index (χ3v) is 6.19. The van der Waals surface area contributed by atoms with Gasteiger partial charge in [0.1, 0.15) is 0 Å². The molecule has 110 valence electrons. The molecule has 0 spiro atoms. The number of piperazine rings is 1. The molecule has 0 saturated carbocycles. The van der Waals surface area contributed by atoms with Crippen molar-refractivity contribution < 1.29 is 13.2 Å². The van der Waals surface area contributed by atoms with Gasteiger partial charge in [-0.25, -0.2) is 8.42 Å². The highest BCUT2D eigenvalue weighted by molar-refractivity contribution is 7.89. The van der Waals surface area contributed by atoms with Gasteiger partial charge in [-0.15, -0.1) is 0 Å². The molecule has 19 heavy (non-hydrogen) atoms. The second kappa shape index (κ2) is 5.65. The van der Waals surface area contributed by atoms with Crippen LogP contribution in [0.15, 0.2) is 0 Å². The topological polar surface area (TPSA) is 61.9 Å². The molecule has 3 saturated heterocycles. The van der Waals surface area contributed by atoms with Crippen LogP contribution in [0.3, 0.4) is 0 Å². The van der Waals surface area contributed by atoms with E-state index in [4.69, 9.17) is 4.74 Å². The van der Waals surface area contributed by atoms with E-state index in [0.717, 1.165) is 39.0 Å². The first-order valence-electron chi connectivity index (χ1n) is 7.19. The van der Waals surface area contributed by atoms with Crippen LogP contribution in [0.1, 0.15) is 12.8 Å². The number of nitrogens with one attached hydrogen (secondary N) is 1. The maximum Gasteiger partial charge on any atom is 0.216 e. The molecular weight excluding hydrogens is 266 g/mol. The number of sulfonamides is 1. The van der Waals surface area contributed by atoms with E-state index < -0.39 is 10.0 Å². The fourth-order valence-corrected chi connectivity index (χ4v) is 4.78. The van der Waals surface area contributed by atoms with Crippen molar-refractivity contribution in [2.24, 2.45) is 0 Å². The summed E-state index contributed by atoms with van der Waals surface area (Å²) in [4.78, 5) is 2.40. The summed E-state index contributed by atoms with van der Waals surface area (Å²) < 4.78 is 31.5. The SMILES string of the molecule is O=S(=O)(CC1CCCO1)N1CC(N2CCNCC2)C1. The molecule has 3 aliphatic rings. The van der Waals surface area contributed by atoms with Crippen molar-refractivity contribution in [1.82, 2.24) is 14.5 Å². The number of hydrogen-bond donors (Lipinski definition) is 1. The summed E-state index contributed by atoms with van der Waals surface area (Å²) in [6, 6.07) is 0.418. The Kier molecular flexibility index (Phi) is 4.09. The van der Waals surface area contributed by atoms with Crippen molar-refractivity contribution in [3.8, 4) is 0 Å². The molecule has 1 unspecified atom stereocenters. The molecule has 0 aromatic rings. The number of rotatable bonds is 4. The maximum absolute atomic E-state index is 12.2. The van der Waals surface area contributed by atoms with Crippen LogP contribution in [0.4, 0.5) is 0 Å². The number of nitrogens with zero attached hydrogens (tertiary/aromatic N) is 2. The van der Waals surface area contributed by atoms with E-state index in [1.54, 1.807) is 4.31 Å². The van der Waals surface area contributed by atoms with Gasteiger partial charge in [-0.1, -0.05) is 0 Å². The van der Waals surface area contributed by atoms with E-state index in [2.05, 4.69) is 10.2 Å². The van der Waals surface area contributed by atoms with Crippen LogP contribution in [0, 0.1) is 0 Å². The average Bonchev–Trinajstić information content (AvgIpc) is 2.80. The van der Waals surface area contributed by atoms with Gasteiger partial charge in [0.15, 0.2) is 0 Å². The monoisotopic (exact) mass is 289 g/mol. The van der Waals surface area contributed by atoms with E-state index in [9.17, 15) is 8.42 Å². The van der Waals surface area contributed by atoms with Gasteiger partial charge in [0.05, 0.1) is 11.9 Å². The van der Waals surface area contributed by atoms with E-state index in [1.807, 2.05) is 0 Å². The molecule has 7 heteroatoms. The normalized spacial score (nSPS) is 31.5. The fraction of sp³-hybridized carbons (Fsp3) is 1.00. The van der Waals surface area contributed by atoms with Gasteiger partial charge in [0.2, 0.25) is 10.0 Å². The molecule has 0 aliphatic carbocycles. The van der Waals surface area contributed by atoms with E-state index in [1.165, 1.54) is 0 Å². The highest BCUT2D eigenvalue weighted by Crippen LogP contribution is 2.22. The van der Waals surface area contributed by atoms with Gasteiger partial charge in [-0.3, -0.25) is 4.90 Å². The first-order valence-corrected chi connectivity index (χ1v) is 8.80. The Labute approximate surface area is 115 Å². The van der Waals surface area contributed by atoms with Gasteiger partial charge in [0, 0.05) is 51.9 Å². The lowest BCUT2D eigenvalue weighted by atomic mass is 10.1. The van der Waals surface area contributed by atoms with Crippen LogP contribution >= 0.6 is 0 Å². The molecule has 0 aromatic heterocycles. The van der Waals surface area contributed by atoms with Crippen LogP contribution in [0.25, 0.3) is 0 Å². The quantitative estimate of drug-likeness (QED) is 0.726. The van der Waals surface area contributed by atoms with Crippen LogP contribution in [0.2, 0.25) is 0 Å². The first kappa shape index (κ1) is 13.8. The van der Waals surface area contributed by atoms with Gasteiger partial charge < -0.3 is 10.1 Å². The largest absolute Gasteiger partial charge is 0.377 e. The molecule has 0 aromatic carbocycles. The number of hydrogen-bond acceptors (Lipinski definition) is 5. The van der Waals surface area contributed by atoms with Crippen molar-refractivity contribution in [3.05, 3.63) is 0 Å². The third-order valence-electron chi connectivity index (χ3n) is 4.31. The van der Waals surface area contributed by atoms with Crippen molar-refractivity contribution >= 4 is 10.0 Å². The zero-order valence-electron chi connectivity index (χ0n) is 11.3. The van der Waals surface area contributed by atoms with Crippen LogP contribution in [-0.2, 0) is 14.8 Å². The summed E-state index contributed by atoms with van der Waals surface area (Å²) in [6.45, 7) is 6.13. The minimum atomic E-state index is -3.11. The lowest BCUT2D eigenvalue weighted by Crippen LogP contribution is -2.64. The Balaban J connectivity index is 1.48. The molecule has 3 rings (SSSR count). The van der Waals surface area contributed by atoms with Crippen molar-refractivity contribution in [3.63, 3.8) is 0 Å². The third kappa shape index (κ3) is 3.11. The van der Waals surface area contributed by atoms with E-state index in [0.29, 0.717) is 25.7 Å². The number of ether oxygens (including phenoxy) is 1. The Bertz CT molecular complexity index is 396. The van der Waals surface area contributed by atoms with Crippen molar-refractivity contribution in [2.45, 2.75) is 25.0 Å². The zero-order valence-corrected chi connectivity index (χ0v) is 12.1. The van der Waals surface area contributed by atoms with Crippen LogP contribution < -0.4 is 5.32 Å². The zero-order chi connectivity index (χ0) is 13.3. The first-order chi connectivity index (χ1) is 9.15. The molecule has 1 atom stereocenters. The molecule has 3 aliphatic heterocycles. The van der Waals surface area contributed by atoms with E-state index >= 15 is 0 Å². The molecule has 1 N–H and O–H groups in total. The Morgan fingerprint density at radius 1 is 1.21 bits per heavy atom. The van der Waals surface area contributed by atoms with Crippen LogP contribution in [0.5, 0.6) is 0 Å². The summed E-state index contributed by atoms with van der Waals surface area (Å²) in [7, 11) is -3.11. The summed E-state index contributed by atoms with van der Waals surface area (Å²) in [5, 5.41) is 3.32. The predicted molar refractivity (Wildman–Crippen MR) is 72.6 cm³/mol. The maximum atomic E-state index is 12.2. The predicted octanol–water partition coefficient (Wildman–Crippen LogP) is -0.915. The second-order valence-corrected chi connectivity index (χ2v) is 7.68. The lowest BCUT2D eigenvalue weighted by molar-refractivity contribution is 0.0751. The van der Waals surface area contributed by atoms with E-state index in [-0.39, 0.29) is 11.9 Å². The smallest absolute Gasteiger partial charge is 0.216 e. The highest BCUT2D eigenvalue weighted by atomic mass is 32.2. The standard InChI is InChI=1S/C12H23N3O3S/c16-19(17,10-12-2-1-7-18-12)15-8-11(9-15)14-5-3-13-4-6-14/h11-13H,1-10H2. The van der Waals surface area contributed by atoms with Gasteiger partial charge >= 0.3 is 0 Å². The summed E-state index contributed by atoms with van der Waals surface area (Å²) in [5.41, 5.74) is 0. The molecule has 3 fully saturated rings. The van der Waals surface area contributed by atoms with Crippen LogP contribution in [-0.4, -0.2) is 81.4 Å². The fourth-order valence-electron chi connectivity index (χ4n) is 3.04. The molecule has 0 bridgehead atoms. The molecular formula is C12H23N3O3S. The van der Waals surface area contributed by atoms with Crippen molar-refractivity contribution in [1.29, 1.82) is 0 Å². The molecule has 6 nitrogen and oxygen atoms in total. The Morgan fingerprint density at radius 2 is 1.95 bits per heavy atom. The van der Waals surface area contributed by atoms with Gasteiger partial charge in [-0.05, 0) is 12.8 Å². The minimum absolute atomic E-state index is 0.0803. The highest BCUT2D eigenvalue weighted by Gasteiger charge is 2.40. The van der Waals surface area contributed by atoms with Crippen molar-refractivity contribution in [2.75, 3.05) is 51.6 Å². The average molecular weight is 289 g/mol.